The van der Waals surface area contributed by atoms with Gasteiger partial charge in [-0.15, -0.1) is 0 Å². The van der Waals surface area contributed by atoms with Gasteiger partial charge in [-0.1, -0.05) is 12.1 Å². The van der Waals surface area contributed by atoms with Gasteiger partial charge in [0.2, 0.25) is 0 Å². The summed E-state index contributed by atoms with van der Waals surface area (Å²) in [5, 5.41) is 7.05. The Kier molecular flexibility index (Phi) is 4.45. The third-order valence-electron chi connectivity index (χ3n) is 1.53. The molecule has 0 amide bonds. The van der Waals surface area contributed by atoms with Crippen LogP contribution in [0.4, 0.5) is 6.01 Å². The lowest BCUT2D eigenvalue weighted by Crippen LogP contribution is -2.26. The average molecular weight is 229 g/mol. The Morgan fingerprint density at radius 1 is 1.40 bits per heavy atom. The van der Waals surface area contributed by atoms with Gasteiger partial charge in [-0.25, -0.2) is 0 Å². The topological polar surface area (TPSA) is 51.0 Å². The quantitative estimate of drug-likeness (QED) is 0.787. The predicted octanol–water partition coefficient (Wildman–Crippen LogP) is 2.92. The molecule has 0 saturated heterocycles. The van der Waals surface area contributed by atoms with Gasteiger partial charge in [-0.05, 0) is 32.9 Å². The van der Waals surface area contributed by atoms with E-state index in [0.717, 1.165) is 17.3 Å². The van der Waals surface area contributed by atoms with Crippen molar-refractivity contribution in [1.82, 2.24) is 10.1 Å². The zero-order valence-corrected chi connectivity index (χ0v) is 10.6. The van der Waals surface area contributed by atoms with Crippen LogP contribution in [0.5, 0.6) is 0 Å². The van der Waals surface area contributed by atoms with E-state index in [2.05, 4.69) is 43.2 Å². The van der Waals surface area contributed by atoms with Gasteiger partial charge >= 0.3 is 6.01 Å². The second-order valence-electron chi connectivity index (χ2n) is 4.44. The van der Waals surface area contributed by atoms with Crippen molar-refractivity contribution in [3.05, 3.63) is 5.82 Å². The van der Waals surface area contributed by atoms with Crippen molar-refractivity contribution in [2.75, 3.05) is 11.1 Å². The van der Waals surface area contributed by atoms with Crippen molar-refractivity contribution in [1.29, 1.82) is 0 Å². The molecule has 1 aromatic heterocycles. The van der Waals surface area contributed by atoms with E-state index in [1.807, 2.05) is 11.8 Å². The average Bonchev–Trinajstić information content (AvgIpc) is 2.50. The van der Waals surface area contributed by atoms with E-state index in [4.69, 9.17) is 4.52 Å². The van der Waals surface area contributed by atoms with Crippen LogP contribution in [0.25, 0.3) is 0 Å². The van der Waals surface area contributed by atoms with Crippen molar-refractivity contribution >= 4 is 17.8 Å². The van der Waals surface area contributed by atoms with Crippen molar-refractivity contribution in [3.8, 4) is 0 Å². The van der Waals surface area contributed by atoms with Crippen LogP contribution in [0.3, 0.4) is 0 Å². The Balaban J connectivity index is 2.42. The fourth-order valence-electron chi connectivity index (χ4n) is 0.992. The highest BCUT2D eigenvalue weighted by molar-refractivity contribution is 7.98. The Labute approximate surface area is 95.2 Å². The first-order chi connectivity index (χ1) is 7.01. The summed E-state index contributed by atoms with van der Waals surface area (Å²) in [6.07, 6.45) is 1.18. The molecular weight excluding hydrogens is 210 g/mol. The lowest BCUT2D eigenvalue weighted by Gasteiger charge is -2.17. The van der Waals surface area contributed by atoms with Crippen LogP contribution < -0.4 is 5.32 Å². The molecular formula is C10H19N3OS. The van der Waals surface area contributed by atoms with Crippen LogP contribution in [0.15, 0.2) is 4.52 Å². The van der Waals surface area contributed by atoms with Crippen molar-refractivity contribution in [3.63, 3.8) is 0 Å². The fraction of sp³-hybridized carbons (Fsp3) is 0.800. The maximum Gasteiger partial charge on any atom is 0.321 e. The number of thioether (sulfide) groups is 1. The maximum atomic E-state index is 5.09. The second-order valence-corrected chi connectivity index (χ2v) is 5.55. The highest BCUT2D eigenvalue weighted by atomic mass is 32.2. The number of nitrogens with one attached hydrogen (secondary N) is 1. The maximum absolute atomic E-state index is 5.09. The molecule has 0 radical (unpaired) electrons. The van der Waals surface area contributed by atoms with E-state index in [-0.39, 0.29) is 5.54 Å². The lowest BCUT2D eigenvalue weighted by molar-refractivity contribution is 0.414. The molecule has 1 aromatic rings. The Morgan fingerprint density at radius 2 is 2.13 bits per heavy atom. The Morgan fingerprint density at radius 3 is 2.73 bits per heavy atom. The number of hydrogen-bond acceptors (Lipinski definition) is 5. The molecule has 15 heavy (non-hydrogen) atoms. The van der Waals surface area contributed by atoms with Crippen LogP contribution in [-0.4, -0.2) is 21.4 Å². The van der Waals surface area contributed by atoms with E-state index >= 15 is 0 Å². The molecule has 0 atom stereocenters. The van der Waals surface area contributed by atoms with Crippen LogP contribution >= 0.6 is 11.8 Å². The molecule has 0 bridgehead atoms. The number of anilines is 1. The molecule has 0 aliphatic rings. The van der Waals surface area contributed by atoms with Crippen LogP contribution in [0, 0.1) is 0 Å². The molecule has 86 valence electrons. The zero-order chi connectivity index (χ0) is 11.3. The third-order valence-corrected chi connectivity index (χ3v) is 2.69. The van der Waals surface area contributed by atoms with Gasteiger partial charge in [0, 0.05) is 5.54 Å². The molecule has 4 nitrogen and oxygen atoms in total. The van der Waals surface area contributed by atoms with Gasteiger partial charge in [-0.3, -0.25) is 0 Å². The first-order valence-corrected chi connectivity index (χ1v) is 6.35. The second kappa shape index (κ2) is 5.39. The third kappa shape index (κ3) is 5.06. The van der Waals surface area contributed by atoms with E-state index in [9.17, 15) is 0 Å². The highest BCUT2D eigenvalue weighted by Gasteiger charge is 2.14. The molecule has 0 unspecified atom stereocenters. The molecule has 5 heteroatoms. The standard InChI is InChI=1S/C10H19N3OS/c1-5-6-15-7-8-11-9(14-13-8)12-10(2,3)4/h5-7H2,1-4H3,(H,11,12,13). The zero-order valence-electron chi connectivity index (χ0n) is 9.83. The molecule has 1 rings (SSSR count). The van der Waals surface area contributed by atoms with E-state index in [1.165, 1.54) is 6.42 Å². The Bertz CT molecular complexity index is 293. The molecule has 1 N–H and O–H groups in total. The Hall–Kier alpha value is -0.710. The monoisotopic (exact) mass is 229 g/mol. The number of rotatable bonds is 5. The van der Waals surface area contributed by atoms with Crippen LogP contribution in [0.1, 0.15) is 39.9 Å². The molecule has 0 saturated carbocycles. The van der Waals surface area contributed by atoms with Gasteiger partial charge in [0.15, 0.2) is 5.82 Å². The van der Waals surface area contributed by atoms with Gasteiger partial charge in [0.1, 0.15) is 0 Å². The summed E-state index contributed by atoms with van der Waals surface area (Å²) in [5.41, 5.74) is -0.0413. The van der Waals surface area contributed by atoms with Crippen LogP contribution in [0.2, 0.25) is 0 Å². The molecule has 0 aliphatic heterocycles. The number of nitrogens with zero attached hydrogens (tertiary/aromatic N) is 2. The first-order valence-electron chi connectivity index (χ1n) is 5.20. The largest absolute Gasteiger partial charge is 0.333 e. The van der Waals surface area contributed by atoms with Gasteiger partial charge in [0.25, 0.3) is 0 Å². The SMILES string of the molecule is CCCSCc1noc(NC(C)(C)C)n1. The van der Waals surface area contributed by atoms with E-state index in [0.29, 0.717) is 6.01 Å². The molecule has 0 aromatic carbocycles. The van der Waals surface area contributed by atoms with E-state index in [1.54, 1.807) is 0 Å². The number of hydrogen-bond donors (Lipinski definition) is 1. The predicted molar refractivity (Wildman–Crippen MR) is 64.1 cm³/mol. The highest BCUT2D eigenvalue weighted by Crippen LogP contribution is 2.15. The smallest absolute Gasteiger partial charge is 0.321 e. The van der Waals surface area contributed by atoms with Crippen molar-refractivity contribution in [2.24, 2.45) is 0 Å². The summed E-state index contributed by atoms with van der Waals surface area (Å²) < 4.78 is 5.09. The fourth-order valence-corrected chi connectivity index (χ4v) is 1.72. The summed E-state index contributed by atoms with van der Waals surface area (Å²) in [7, 11) is 0. The summed E-state index contributed by atoms with van der Waals surface area (Å²) in [5.74, 6) is 2.72. The molecule has 0 fully saturated rings. The van der Waals surface area contributed by atoms with Crippen molar-refractivity contribution < 1.29 is 4.52 Å². The summed E-state index contributed by atoms with van der Waals surface area (Å²) >= 11 is 1.82. The first kappa shape index (κ1) is 12.4. The van der Waals surface area contributed by atoms with E-state index < -0.39 is 0 Å². The molecule has 0 aliphatic carbocycles. The van der Waals surface area contributed by atoms with Gasteiger partial charge in [-0.2, -0.15) is 16.7 Å². The lowest BCUT2D eigenvalue weighted by atomic mass is 10.1. The molecule has 0 spiro atoms. The van der Waals surface area contributed by atoms with Crippen LogP contribution in [-0.2, 0) is 5.75 Å². The minimum Gasteiger partial charge on any atom is -0.333 e. The van der Waals surface area contributed by atoms with Gasteiger partial charge in [0.05, 0.1) is 5.75 Å². The summed E-state index contributed by atoms with van der Waals surface area (Å²) in [6.45, 7) is 8.34. The summed E-state index contributed by atoms with van der Waals surface area (Å²) in [4.78, 5) is 4.26. The number of aromatic nitrogens is 2. The molecule has 1 heterocycles. The summed E-state index contributed by atoms with van der Waals surface area (Å²) in [6, 6.07) is 0.509. The van der Waals surface area contributed by atoms with Gasteiger partial charge < -0.3 is 9.84 Å². The van der Waals surface area contributed by atoms with Crippen molar-refractivity contribution in [2.45, 2.75) is 45.4 Å². The minimum absolute atomic E-state index is 0.0413. The normalized spacial score (nSPS) is 11.7. The minimum atomic E-state index is -0.0413.